The molecule has 6 saturated carbocycles. The van der Waals surface area contributed by atoms with Gasteiger partial charge in [-0.15, -0.1) is 0 Å². The van der Waals surface area contributed by atoms with Crippen LogP contribution in [-0.4, -0.2) is 15.3 Å². The first-order valence-electron chi connectivity index (χ1n) is 29.3. The lowest BCUT2D eigenvalue weighted by atomic mass is 9.82. The Bertz CT molecular complexity index is 1750. The summed E-state index contributed by atoms with van der Waals surface area (Å²) in [7, 11) is 0. The summed E-state index contributed by atoms with van der Waals surface area (Å²) >= 11 is 5.29. The zero-order valence-corrected chi connectivity index (χ0v) is 50.9. The van der Waals surface area contributed by atoms with Crippen molar-refractivity contribution in [2.75, 3.05) is 0 Å². The van der Waals surface area contributed by atoms with E-state index in [0.29, 0.717) is 17.2 Å². The molecule has 6 heteroatoms. The molecule has 3 heterocycles. The maximum absolute atomic E-state index is 8.63. The number of rotatable bonds is 3. The van der Waals surface area contributed by atoms with Crippen LogP contribution in [0.25, 0.3) is 0 Å². The molecule has 0 spiro atoms. The molecule has 8 unspecified atom stereocenters. The predicted molar refractivity (Wildman–Crippen MR) is 353 cm³/mol. The lowest BCUT2D eigenvalue weighted by Gasteiger charge is -2.23. The Hall–Kier alpha value is -3.84. The highest BCUT2D eigenvalue weighted by Crippen LogP contribution is 2.59. The molecule has 3 nitrogen and oxygen atoms in total. The first-order valence-corrected chi connectivity index (χ1v) is 32.1. The molecular formula is C71H118O3S3. The summed E-state index contributed by atoms with van der Waals surface area (Å²) in [4.78, 5) is 0. The Labute approximate surface area is 489 Å². The van der Waals surface area contributed by atoms with Crippen molar-refractivity contribution in [3.05, 3.63) is 158 Å². The average molecular weight is 1120 g/mol. The highest BCUT2D eigenvalue weighted by Gasteiger charge is 2.49. The quantitative estimate of drug-likeness (QED) is 0.165. The van der Waals surface area contributed by atoms with Gasteiger partial charge in [0.05, 0.1) is 0 Å². The molecule has 0 aliphatic heterocycles. The molecule has 6 aliphatic carbocycles. The molecule has 6 aromatic rings. The molecule has 438 valence electrons. The largest absolute Gasteiger partial charge is 0.508 e. The Morgan fingerprint density at radius 1 is 0.325 bits per heavy atom. The van der Waals surface area contributed by atoms with E-state index in [1.807, 2.05) is 18.2 Å². The standard InChI is InChI=1S/2C10H16.3C6H6O.3C6H8S.4C3H8.3CH4/c2*1-2-9-7-4-5-8(6-7)10(9)3-1;3*7-6-4-2-1-3-5-6;3*1-2-6-3-4-7-5-6;4*1-3-2;;;/h2*7-10H,1-6H2;3*1-5,7H;3*3-5H,2H2,1H3;4*3H2,1-2H3;3*1H4. The maximum atomic E-state index is 8.63. The first kappa shape index (κ1) is 77.4. The van der Waals surface area contributed by atoms with Gasteiger partial charge in [0.2, 0.25) is 0 Å². The molecule has 3 N–H and O–H groups in total. The van der Waals surface area contributed by atoms with E-state index in [1.165, 1.54) is 109 Å². The van der Waals surface area contributed by atoms with Gasteiger partial charge in [0.1, 0.15) is 17.2 Å². The fourth-order valence-electron chi connectivity index (χ4n) is 10.8. The van der Waals surface area contributed by atoms with Crippen LogP contribution in [0.4, 0.5) is 0 Å². The van der Waals surface area contributed by atoms with E-state index in [9.17, 15) is 0 Å². The topological polar surface area (TPSA) is 60.7 Å². The summed E-state index contributed by atoms with van der Waals surface area (Å²) in [5.41, 5.74) is 4.35. The summed E-state index contributed by atoms with van der Waals surface area (Å²) in [6.45, 7) is 23.5. The van der Waals surface area contributed by atoms with Gasteiger partial charge in [0.25, 0.3) is 0 Å². The number of thiophene rings is 3. The summed E-state index contributed by atoms with van der Waals surface area (Å²) < 4.78 is 0. The SMILES string of the molecule is C.C.C.C1CC2C3CCC(C3)C2C1.C1CC2C3CCC(C3)C2C1.CCC.CCC.CCC.CCC.CCc1ccsc1.CCc1ccsc1.CCc1ccsc1.Oc1ccccc1.Oc1ccccc1.Oc1ccccc1. The van der Waals surface area contributed by atoms with Gasteiger partial charge in [-0.3, -0.25) is 0 Å². The number of benzene rings is 3. The lowest BCUT2D eigenvalue weighted by Crippen LogP contribution is -2.15. The minimum absolute atomic E-state index is 0. The highest BCUT2D eigenvalue weighted by atomic mass is 32.1. The summed E-state index contributed by atoms with van der Waals surface area (Å²) in [5, 5.41) is 38.8. The minimum Gasteiger partial charge on any atom is -0.508 e. The smallest absolute Gasteiger partial charge is 0.115 e. The normalized spacial score (nSPS) is 20.8. The zero-order chi connectivity index (χ0) is 54.6. The van der Waals surface area contributed by atoms with E-state index < -0.39 is 0 Å². The molecule has 77 heavy (non-hydrogen) atoms. The van der Waals surface area contributed by atoms with Crippen LogP contribution >= 0.6 is 34.0 Å². The summed E-state index contributed by atoms with van der Waals surface area (Å²) in [6, 6.07) is 32.6. The first-order chi connectivity index (χ1) is 36.0. The van der Waals surface area contributed by atoms with Crippen LogP contribution in [0, 0.1) is 47.3 Å². The highest BCUT2D eigenvalue weighted by molar-refractivity contribution is 7.08. The number of aromatic hydroxyl groups is 3. The van der Waals surface area contributed by atoms with Crippen LogP contribution in [0.3, 0.4) is 0 Å². The molecule has 0 amide bonds. The van der Waals surface area contributed by atoms with Gasteiger partial charge < -0.3 is 15.3 Å². The van der Waals surface area contributed by atoms with E-state index >= 15 is 0 Å². The molecule has 12 rings (SSSR count). The van der Waals surface area contributed by atoms with Gasteiger partial charge in [-0.25, -0.2) is 0 Å². The third-order valence-corrected chi connectivity index (χ3v) is 16.1. The van der Waals surface area contributed by atoms with Crippen molar-refractivity contribution in [1.82, 2.24) is 0 Å². The number of para-hydroxylation sites is 3. The Balaban J connectivity index is -0.000000789. The lowest BCUT2D eigenvalue weighted by molar-refractivity contribution is 0.259. The van der Waals surface area contributed by atoms with Gasteiger partial charge in [-0.1, -0.05) is 192 Å². The van der Waals surface area contributed by atoms with Crippen LogP contribution in [0.1, 0.15) is 218 Å². The number of phenolic OH excluding ortho intramolecular Hbond substituents is 3. The number of phenols is 3. The fraction of sp³-hybridized carbons (Fsp3) is 0.577. The van der Waals surface area contributed by atoms with Gasteiger partial charge in [-0.2, -0.15) is 34.0 Å². The van der Waals surface area contributed by atoms with Crippen molar-refractivity contribution >= 4 is 34.0 Å². The van der Waals surface area contributed by atoms with Crippen LogP contribution in [0.2, 0.25) is 0 Å². The average Bonchev–Trinajstić information content (AvgIpc) is 4.26. The van der Waals surface area contributed by atoms with Crippen molar-refractivity contribution < 1.29 is 15.3 Å². The van der Waals surface area contributed by atoms with Gasteiger partial charge >= 0.3 is 0 Å². The number of fused-ring (bicyclic) bond motifs is 10. The van der Waals surface area contributed by atoms with Crippen molar-refractivity contribution in [3.8, 4) is 17.2 Å². The van der Waals surface area contributed by atoms with Crippen LogP contribution in [0.5, 0.6) is 17.2 Å². The molecule has 0 saturated heterocycles. The van der Waals surface area contributed by atoms with E-state index in [0.717, 1.165) is 0 Å². The summed E-state index contributed by atoms with van der Waals surface area (Å²) in [6.07, 6.45) is 27.6. The molecule has 6 fully saturated rings. The molecule has 8 atom stereocenters. The second-order valence-electron chi connectivity index (χ2n) is 20.5. The van der Waals surface area contributed by atoms with Crippen LogP contribution < -0.4 is 0 Å². The van der Waals surface area contributed by atoms with Crippen LogP contribution in [-0.2, 0) is 19.3 Å². The van der Waals surface area contributed by atoms with Crippen LogP contribution in [0.15, 0.2) is 141 Å². The Morgan fingerprint density at radius 3 is 0.662 bits per heavy atom. The Kier molecular flexibility index (Phi) is 51.9. The fourth-order valence-corrected chi connectivity index (χ4v) is 13.1. The number of aryl methyl sites for hydroxylation is 3. The molecule has 4 bridgehead atoms. The number of hydrogen-bond donors (Lipinski definition) is 3. The molecule has 3 aromatic carbocycles. The second-order valence-corrected chi connectivity index (χ2v) is 22.8. The minimum atomic E-state index is 0. The third kappa shape index (κ3) is 34.7. The maximum Gasteiger partial charge on any atom is 0.115 e. The second kappa shape index (κ2) is 51.6. The van der Waals surface area contributed by atoms with E-state index in [4.69, 9.17) is 15.3 Å². The summed E-state index contributed by atoms with van der Waals surface area (Å²) in [5.74, 6) is 10.6. The monoisotopic (exact) mass is 1110 g/mol. The van der Waals surface area contributed by atoms with Crippen molar-refractivity contribution in [2.45, 2.75) is 220 Å². The molecule has 3 aromatic heterocycles. The van der Waals surface area contributed by atoms with Crippen molar-refractivity contribution in [2.24, 2.45) is 47.3 Å². The third-order valence-electron chi connectivity index (χ3n) is 13.9. The van der Waals surface area contributed by atoms with Crippen molar-refractivity contribution in [3.63, 3.8) is 0 Å². The zero-order valence-electron chi connectivity index (χ0n) is 48.5. The van der Waals surface area contributed by atoms with E-state index in [1.54, 1.807) is 184 Å². The molecule has 0 radical (unpaired) electrons. The van der Waals surface area contributed by atoms with Gasteiger partial charge in [0, 0.05) is 0 Å². The molecular weight excluding hydrogens is 997 g/mol. The van der Waals surface area contributed by atoms with E-state index in [-0.39, 0.29) is 22.3 Å². The van der Waals surface area contributed by atoms with Gasteiger partial charge in [-0.05, 0) is 234 Å². The van der Waals surface area contributed by atoms with Crippen molar-refractivity contribution in [1.29, 1.82) is 0 Å². The molecule has 6 aliphatic rings. The van der Waals surface area contributed by atoms with Gasteiger partial charge in [0.15, 0.2) is 0 Å². The predicted octanol–water partition coefficient (Wildman–Crippen LogP) is 24.3. The van der Waals surface area contributed by atoms with E-state index in [2.05, 4.69) is 127 Å². The number of hydrogen-bond acceptors (Lipinski definition) is 6. The Morgan fingerprint density at radius 2 is 0.532 bits per heavy atom.